The molecule has 1 saturated carbocycles. The van der Waals surface area contributed by atoms with Gasteiger partial charge in [-0.2, -0.15) is 0 Å². The number of aryl methyl sites for hydroxylation is 2. The molecule has 2 aromatic carbocycles. The first-order valence-corrected chi connectivity index (χ1v) is 12.1. The lowest BCUT2D eigenvalue weighted by molar-refractivity contribution is -0.121. The second-order valence-electron chi connectivity index (χ2n) is 9.24. The van der Waals surface area contributed by atoms with Crippen molar-refractivity contribution in [3.63, 3.8) is 0 Å². The molecule has 0 bridgehead atoms. The Labute approximate surface area is 201 Å². The third-order valence-corrected chi connectivity index (χ3v) is 6.82. The van der Waals surface area contributed by atoms with E-state index >= 15 is 0 Å². The lowest BCUT2D eigenvalue weighted by atomic mass is 9.84. The number of carbonyl (C=O) groups is 2. The fourth-order valence-corrected chi connectivity index (χ4v) is 4.81. The largest absolute Gasteiger partial charge is 0.496 e. The molecule has 0 saturated heterocycles. The van der Waals surface area contributed by atoms with Crippen molar-refractivity contribution in [2.24, 2.45) is 5.92 Å². The molecule has 1 N–H and O–H groups in total. The Kier molecular flexibility index (Phi) is 7.29. The van der Waals surface area contributed by atoms with Crippen LogP contribution in [0, 0.1) is 19.8 Å². The van der Waals surface area contributed by atoms with Crippen molar-refractivity contribution in [3.05, 3.63) is 47.0 Å². The summed E-state index contributed by atoms with van der Waals surface area (Å²) < 4.78 is 16.8. The first kappa shape index (κ1) is 23.9. The van der Waals surface area contributed by atoms with Gasteiger partial charge in [-0.3, -0.25) is 4.79 Å². The maximum atomic E-state index is 12.8. The third-order valence-electron chi connectivity index (χ3n) is 6.82. The minimum absolute atomic E-state index is 0.0198. The molecule has 2 aliphatic rings. The summed E-state index contributed by atoms with van der Waals surface area (Å²) in [6.07, 6.45) is 3.62. The highest BCUT2D eigenvalue weighted by molar-refractivity contribution is 5.92. The van der Waals surface area contributed by atoms with Crippen molar-refractivity contribution in [3.8, 4) is 17.2 Å². The molecule has 7 heteroatoms. The van der Waals surface area contributed by atoms with Gasteiger partial charge in [0, 0.05) is 35.3 Å². The average Bonchev–Trinajstić information content (AvgIpc) is 2.83. The second kappa shape index (κ2) is 10.4. The zero-order valence-corrected chi connectivity index (χ0v) is 20.5. The maximum Gasteiger partial charge on any atom is 0.415 e. The van der Waals surface area contributed by atoms with Crippen LogP contribution in [0.15, 0.2) is 30.3 Å². The van der Waals surface area contributed by atoms with Crippen LogP contribution in [0.4, 0.5) is 10.5 Å². The number of benzene rings is 2. The van der Waals surface area contributed by atoms with Crippen molar-refractivity contribution in [1.82, 2.24) is 4.90 Å². The molecule has 0 spiro atoms. The van der Waals surface area contributed by atoms with Crippen LogP contribution >= 0.6 is 0 Å². The van der Waals surface area contributed by atoms with Gasteiger partial charge in [-0.05, 0) is 69.2 Å². The number of nitrogens with one attached hydrogen (secondary N) is 1. The number of amides is 2. The number of anilines is 1. The molecule has 1 aliphatic heterocycles. The van der Waals surface area contributed by atoms with Crippen LogP contribution in [0.2, 0.25) is 0 Å². The summed E-state index contributed by atoms with van der Waals surface area (Å²) >= 11 is 0. The summed E-state index contributed by atoms with van der Waals surface area (Å²) in [6.45, 7) is 7.21. The fraction of sp³-hybridized carbons (Fsp3) is 0.481. The van der Waals surface area contributed by atoms with E-state index in [1.54, 1.807) is 7.11 Å². The van der Waals surface area contributed by atoms with Crippen molar-refractivity contribution >= 4 is 17.7 Å². The molecule has 7 nitrogen and oxygen atoms in total. The van der Waals surface area contributed by atoms with Gasteiger partial charge in [0.05, 0.1) is 20.3 Å². The highest BCUT2D eigenvalue weighted by Gasteiger charge is 2.36. The first-order chi connectivity index (χ1) is 16.4. The Morgan fingerprint density at radius 3 is 2.59 bits per heavy atom. The van der Waals surface area contributed by atoms with Crippen LogP contribution < -0.4 is 19.5 Å². The highest BCUT2D eigenvalue weighted by Crippen LogP contribution is 2.37. The summed E-state index contributed by atoms with van der Waals surface area (Å²) in [5.74, 6) is 2.03. The number of fused-ring (bicyclic) bond motifs is 1. The number of hydrogen-bond acceptors (Lipinski definition) is 5. The SMILES string of the molecule is CCCOc1cc(C)c2c(c1)OC(=O)N(C1CCC(C(=O)Nc3ccc(C)c(OC)c3)CC1)C2. The minimum atomic E-state index is -0.320. The van der Waals surface area contributed by atoms with Gasteiger partial charge in [-0.25, -0.2) is 4.79 Å². The molecule has 0 aromatic heterocycles. The van der Waals surface area contributed by atoms with E-state index in [0.29, 0.717) is 18.9 Å². The van der Waals surface area contributed by atoms with E-state index in [1.807, 2.05) is 49.1 Å². The Bertz CT molecular complexity index is 1060. The van der Waals surface area contributed by atoms with E-state index < -0.39 is 0 Å². The monoisotopic (exact) mass is 466 g/mol. The van der Waals surface area contributed by atoms with Crippen LogP contribution in [0.3, 0.4) is 0 Å². The molecule has 4 rings (SSSR count). The van der Waals surface area contributed by atoms with Crippen LogP contribution in [0.25, 0.3) is 0 Å². The lowest BCUT2D eigenvalue weighted by Gasteiger charge is -2.38. The maximum absolute atomic E-state index is 12.8. The average molecular weight is 467 g/mol. The molecule has 0 atom stereocenters. The predicted octanol–water partition coefficient (Wildman–Crippen LogP) is 5.61. The van der Waals surface area contributed by atoms with E-state index in [9.17, 15) is 9.59 Å². The molecule has 182 valence electrons. The fourth-order valence-electron chi connectivity index (χ4n) is 4.81. The van der Waals surface area contributed by atoms with E-state index in [-0.39, 0.29) is 24.0 Å². The molecular weight excluding hydrogens is 432 g/mol. The zero-order chi connectivity index (χ0) is 24.2. The smallest absolute Gasteiger partial charge is 0.415 e. The number of hydrogen-bond donors (Lipinski definition) is 1. The molecule has 0 radical (unpaired) electrons. The van der Waals surface area contributed by atoms with Gasteiger partial charge >= 0.3 is 6.09 Å². The van der Waals surface area contributed by atoms with Crippen molar-refractivity contribution in [2.75, 3.05) is 19.0 Å². The quantitative estimate of drug-likeness (QED) is 0.574. The molecule has 34 heavy (non-hydrogen) atoms. The molecule has 2 amide bonds. The Morgan fingerprint density at radius 2 is 1.88 bits per heavy atom. The van der Waals surface area contributed by atoms with Crippen molar-refractivity contribution in [2.45, 2.75) is 65.5 Å². The number of nitrogens with zero attached hydrogens (tertiary/aromatic N) is 1. The summed E-state index contributed by atoms with van der Waals surface area (Å²) in [5, 5.41) is 3.02. The molecule has 0 unspecified atom stereocenters. The van der Waals surface area contributed by atoms with Gasteiger partial charge in [0.1, 0.15) is 17.2 Å². The number of ether oxygens (including phenoxy) is 3. The van der Waals surface area contributed by atoms with Gasteiger partial charge in [0.15, 0.2) is 0 Å². The Hall–Kier alpha value is -3.22. The normalized spacial score (nSPS) is 19.8. The van der Waals surface area contributed by atoms with Crippen molar-refractivity contribution < 1.29 is 23.8 Å². The third kappa shape index (κ3) is 5.13. The topological polar surface area (TPSA) is 77.1 Å². The zero-order valence-electron chi connectivity index (χ0n) is 20.5. The molecular formula is C27H34N2O5. The number of carbonyl (C=O) groups excluding carboxylic acids is 2. The lowest BCUT2D eigenvalue weighted by Crippen LogP contribution is -2.46. The van der Waals surface area contributed by atoms with Gasteiger partial charge < -0.3 is 24.4 Å². The number of methoxy groups -OCH3 is 1. The van der Waals surface area contributed by atoms with E-state index in [0.717, 1.165) is 66.0 Å². The summed E-state index contributed by atoms with van der Waals surface area (Å²) in [7, 11) is 1.62. The molecule has 1 aliphatic carbocycles. The van der Waals surface area contributed by atoms with Crippen LogP contribution in [-0.2, 0) is 11.3 Å². The van der Waals surface area contributed by atoms with Crippen LogP contribution in [-0.4, -0.2) is 36.7 Å². The van der Waals surface area contributed by atoms with Crippen LogP contribution in [0.5, 0.6) is 17.2 Å². The van der Waals surface area contributed by atoms with E-state index in [4.69, 9.17) is 14.2 Å². The second-order valence-corrected chi connectivity index (χ2v) is 9.24. The van der Waals surface area contributed by atoms with Crippen molar-refractivity contribution in [1.29, 1.82) is 0 Å². The van der Waals surface area contributed by atoms with E-state index in [2.05, 4.69) is 12.2 Å². The summed E-state index contributed by atoms with van der Waals surface area (Å²) in [4.78, 5) is 27.5. The van der Waals surface area contributed by atoms with E-state index in [1.165, 1.54) is 0 Å². The minimum Gasteiger partial charge on any atom is -0.496 e. The molecule has 1 fully saturated rings. The van der Waals surface area contributed by atoms with Gasteiger partial charge in [-0.15, -0.1) is 0 Å². The first-order valence-electron chi connectivity index (χ1n) is 12.1. The molecule has 2 aromatic rings. The molecule has 1 heterocycles. The standard InChI is InChI=1S/C27H34N2O5/c1-5-12-33-22-13-18(3)23-16-29(27(31)34-25(23)15-22)21-10-7-19(8-11-21)26(30)28-20-9-6-17(2)24(14-20)32-4/h6,9,13-15,19,21H,5,7-8,10-12,16H2,1-4H3,(H,28,30). The predicted molar refractivity (Wildman–Crippen MR) is 131 cm³/mol. The summed E-state index contributed by atoms with van der Waals surface area (Å²) in [5.41, 5.74) is 3.85. The van der Waals surface area contributed by atoms with Gasteiger partial charge in [-0.1, -0.05) is 13.0 Å². The Morgan fingerprint density at radius 1 is 1.12 bits per heavy atom. The van der Waals surface area contributed by atoms with Crippen LogP contribution in [0.1, 0.15) is 55.7 Å². The highest BCUT2D eigenvalue weighted by atomic mass is 16.6. The van der Waals surface area contributed by atoms with Gasteiger partial charge in [0.2, 0.25) is 5.91 Å². The van der Waals surface area contributed by atoms with Gasteiger partial charge in [0.25, 0.3) is 0 Å². The summed E-state index contributed by atoms with van der Waals surface area (Å²) in [6, 6.07) is 9.57. The number of rotatable bonds is 7. The Balaban J connectivity index is 1.36.